The number of carbonyl (C=O) groups is 1. The van der Waals surface area contributed by atoms with Gasteiger partial charge in [0.2, 0.25) is 0 Å². The fourth-order valence-corrected chi connectivity index (χ4v) is 1.67. The van der Waals surface area contributed by atoms with Crippen molar-refractivity contribution in [2.24, 2.45) is 0 Å². The summed E-state index contributed by atoms with van der Waals surface area (Å²) >= 11 is 0. The molecule has 1 N–H and O–H groups in total. The van der Waals surface area contributed by atoms with Gasteiger partial charge in [0.1, 0.15) is 6.29 Å². The normalized spacial score (nSPS) is 15.1. The zero-order valence-electron chi connectivity index (χ0n) is 7.91. The van der Waals surface area contributed by atoms with E-state index >= 15 is 0 Å². The summed E-state index contributed by atoms with van der Waals surface area (Å²) in [7, 11) is -1.39. The molecule has 0 atom stereocenters. The fourth-order valence-electron chi connectivity index (χ4n) is 1.67. The molecule has 0 bridgehead atoms. The number of halogens is 3. The van der Waals surface area contributed by atoms with Crippen LogP contribution in [0.5, 0.6) is 0 Å². The van der Waals surface area contributed by atoms with Crippen molar-refractivity contribution in [2.75, 3.05) is 0 Å². The highest BCUT2D eigenvalue weighted by Gasteiger charge is 2.39. The van der Waals surface area contributed by atoms with E-state index in [1.54, 1.807) is 0 Å². The van der Waals surface area contributed by atoms with Gasteiger partial charge in [-0.3, -0.25) is 4.79 Å². The van der Waals surface area contributed by atoms with Crippen LogP contribution in [0.25, 0.3) is 0 Å². The van der Waals surface area contributed by atoms with Crippen LogP contribution in [0.4, 0.5) is 13.2 Å². The molecule has 3 nitrogen and oxygen atoms in total. The van der Waals surface area contributed by atoms with E-state index in [2.05, 4.69) is 0 Å². The van der Waals surface area contributed by atoms with Crippen molar-refractivity contribution in [2.45, 2.75) is 12.8 Å². The first-order valence-corrected chi connectivity index (χ1v) is 4.42. The van der Waals surface area contributed by atoms with E-state index in [9.17, 15) is 23.0 Å². The zero-order chi connectivity index (χ0) is 11.9. The molecule has 1 heterocycles. The molecular formula is C9H6BF3O3. The van der Waals surface area contributed by atoms with Crippen LogP contribution in [-0.2, 0) is 17.4 Å². The van der Waals surface area contributed by atoms with Crippen LogP contribution >= 0.6 is 0 Å². The van der Waals surface area contributed by atoms with E-state index in [1.165, 1.54) is 6.07 Å². The van der Waals surface area contributed by atoms with Crippen molar-refractivity contribution in [1.29, 1.82) is 0 Å². The van der Waals surface area contributed by atoms with Gasteiger partial charge < -0.3 is 9.68 Å². The largest absolute Gasteiger partial charge is 0.491 e. The zero-order valence-corrected chi connectivity index (χ0v) is 7.91. The van der Waals surface area contributed by atoms with E-state index in [-0.39, 0.29) is 23.2 Å². The van der Waals surface area contributed by atoms with Crippen molar-refractivity contribution >= 4 is 18.9 Å². The van der Waals surface area contributed by atoms with Gasteiger partial charge in [-0.2, -0.15) is 13.2 Å². The maximum atomic E-state index is 12.6. The maximum absolute atomic E-state index is 12.6. The van der Waals surface area contributed by atoms with E-state index in [0.717, 1.165) is 6.07 Å². The molecule has 0 fully saturated rings. The Morgan fingerprint density at radius 3 is 2.69 bits per heavy atom. The molecule has 1 aromatic carbocycles. The number of aldehydes is 1. The molecule has 0 saturated heterocycles. The highest BCUT2D eigenvalue weighted by Crippen LogP contribution is 2.33. The number of rotatable bonds is 1. The fraction of sp³-hybridized carbons (Fsp3) is 0.222. The molecule has 0 amide bonds. The molecule has 84 valence electrons. The summed E-state index contributed by atoms with van der Waals surface area (Å²) in [6.45, 7) is -0.301. The van der Waals surface area contributed by atoms with Crippen LogP contribution in [0.3, 0.4) is 0 Å². The van der Waals surface area contributed by atoms with Crippen LogP contribution in [0.15, 0.2) is 12.1 Å². The average Bonchev–Trinajstić information content (AvgIpc) is 2.58. The van der Waals surface area contributed by atoms with Gasteiger partial charge in [-0.25, -0.2) is 0 Å². The third-order valence-corrected chi connectivity index (χ3v) is 2.40. The van der Waals surface area contributed by atoms with E-state index < -0.39 is 18.9 Å². The Labute approximate surface area is 89.0 Å². The molecule has 0 radical (unpaired) electrons. The SMILES string of the molecule is O=Cc1cc2c(c(C(F)(F)F)c1)COB2O. The van der Waals surface area contributed by atoms with Gasteiger partial charge in [-0.1, -0.05) is 6.07 Å². The predicted octanol–water partition coefficient (Wildman–Crippen LogP) is 0.736. The summed E-state index contributed by atoms with van der Waals surface area (Å²) in [6, 6.07) is 1.96. The van der Waals surface area contributed by atoms with Gasteiger partial charge in [0, 0.05) is 5.56 Å². The molecule has 2 rings (SSSR count). The Bertz CT molecular complexity index is 444. The third kappa shape index (κ3) is 1.72. The standard InChI is InChI=1S/C9H6BF3O3/c11-9(12,13)7-1-5(3-14)2-8-6(7)4-16-10(8)15/h1-3,15H,4H2. The second-order valence-corrected chi connectivity index (χ2v) is 3.42. The minimum Gasteiger partial charge on any atom is -0.423 e. The third-order valence-electron chi connectivity index (χ3n) is 2.40. The first-order chi connectivity index (χ1) is 7.43. The summed E-state index contributed by atoms with van der Waals surface area (Å²) in [5.41, 5.74) is -1.15. The minimum atomic E-state index is -4.56. The summed E-state index contributed by atoms with van der Waals surface area (Å²) in [4.78, 5) is 10.5. The van der Waals surface area contributed by atoms with Gasteiger partial charge in [0.05, 0.1) is 12.2 Å². The molecule has 1 aliphatic heterocycles. The molecule has 16 heavy (non-hydrogen) atoms. The molecule has 0 unspecified atom stereocenters. The first kappa shape index (κ1) is 11.2. The second-order valence-electron chi connectivity index (χ2n) is 3.42. The Balaban J connectivity index is 2.65. The molecule has 0 aromatic heterocycles. The van der Waals surface area contributed by atoms with Crippen LogP contribution in [0.2, 0.25) is 0 Å². The number of alkyl halides is 3. The Morgan fingerprint density at radius 1 is 1.44 bits per heavy atom. The van der Waals surface area contributed by atoms with Crippen molar-refractivity contribution in [1.82, 2.24) is 0 Å². The molecule has 7 heteroatoms. The molecule has 1 aliphatic rings. The topological polar surface area (TPSA) is 46.5 Å². The highest BCUT2D eigenvalue weighted by atomic mass is 19.4. The lowest BCUT2D eigenvalue weighted by Crippen LogP contribution is -2.29. The smallest absolute Gasteiger partial charge is 0.423 e. The molecule has 0 saturated carbocycles. The molecule has 0 spiro atoms. The number of carbonyl (C=O) groups excluding carboxylic acids is 1. The van der Waals surface area contributed by atoms with Crippen LogP contribution in [-0.4, -0.2) is 18.4 Å². The van der Waals surface area contributed by atoms with Crippen LogP contribution < -0.4 is 5.46 Å². The first-order valence-electron chi connectivity index (χ1n) is 4.42. The number of hydrogen-bond acceptors (Lipinski definition) is 3. The van der Waals surface area contributed by atoms with Crippen molar-refractivity contribution in [3.05, 3.63) is 28.8 Å². The average molecular weight is 230 g/mol. The van der Waals surface area contributed by atoms with Crippen LogP contribution in [0, 0.1) is 0 Å². The summed E-state index contributed by atoms with van der Waals surface area (Å²) in [5.74, 6) is 0. The maximum Gasteiger partial charge on any atom is 0.491 e. The summed E-state index contributed by atoms with van der Waals surface area (Å²) < 4.78 is 42.6. The summed E-state index contributed by atoms with van der Waals surface area (Å²) in [5, 5.41) is 9.29. The Morgan fingerprint density at radius 2 is 2.12 bits per heavy atom. The van der Waals surface area contributed by atoms with E-state index in [0.29, 0.717) is 6.29 Å². The highest BCUT2D eigenvalue weighted by molar-refractivity contribution is 6.61. The number of hydrogen-bond donors (Lipinski definition) is 1. The molecule has 0 aliphatic carbocycles. The van der Waals surface area contributed by atoms with Gasteiger partial charge >= 0.3 is 13.3 Å². The quantitative estimate of drug-likeness (QED) is 0.571. The van der Waals surface area contributed by atoms with Gasteiger partial charge in [-0.05, 0) is 17.1 Å². The van der Waals surface area contributed by atoms with E-state index in [1.807, 2.05) is 0 Å². The Kier molecular flexibility index (Phi) is 2.51. The lowest BCUT2D eigenvalue weighted by molar-refractivity contribution is -0.138. The summed E-state index contributed by atoms with van der Waals surface area (Å²) in [6.07, 6.45) is -4.25. The second kappa shape index (κ2) is 3.60. The van der Waals surface area contributed by atoms with Gasteiger partial charge in [-0.15, -0.1) is 0 Å². The lowest BCUT2D eigenvalue weighted by atomic mass is 9.77. The molecular weight excluding hydrogens is 224 g/mol. The Hall–Kier alpha value is -1.34. The van der Waals surface area contributed by atoms with Crippen molar-refractivity contribution in [3.8, 4) is 0 Å². The lowest BCUT2D eigenvalue weighted by Gasteiger charge is -2.11. The number of fused-ring (bicyclic) bond motifs is 1. The van der Waals surface area contributed by atoms with E-state index in [4.69, 9.17) is 4.65 Å². The van der Waals surface area contributed by atoms with Gasteiger partial charge in [0.25, 0.3) is 0 Å². The van der Waals surface area contributed by atoms with Crippen LogP contribution in [0.1, 0.15) is 21.5 Å². The molecule has 1 aromatic rings. The minimum absolute atomic E-state index is 0.0110. The predicted molar refractivity (Wildman–Crippen MR) is 49.2 cm³/mol. The number of benzene rings is 1. The monoisotopic (exact) mass is 230 g/mol. The van der Waals surface area contributed by atoms with Crippen molar-refractivity contribution < 1.29 is 27.6 Å². The van der Waals surface area contributed by atoms with Crippen molar-refractivity contribution in [3.63, 3.8) is 0 Å². The van der Waals surface area contributed by atoms with Gasteiger partial charge in [0.15, 0.2) is 0 Å².